The predicted molar refractivity (Wildman–Crippen MR) is 313 cm³/mol. The van der Waals surface area contributed by atoms with Gasteiger partial charge in [-0.3, -0.25) is 0 Å². The lowest BCUT2D eigenvalue weighted by molar-refractivity contribution is 0.568. The Bertz CT molecular complexity index is 3480. The number of hydrogen-bond donors (Lipinski definition) is 0. The van der Waals surface area contributed by atoms with Crippen LogP contribution in [0.25, 0.3) is 43.8 Å². The third-order valence-corrected chi connectivity index (χ3v) is 16.6. The van der Waals surface area contributed by atoms with Crippen molar-refractivity contribution in [3.63, 3.8) is 0 Å². The topological polar surface area (TPSA) is 6.48 Å². The third-order valence-electron chi connectivity index (χ3n) is 16.6. The van der Waals surface area contributed by atoms with Gasteiger partial charge in [-0.15, -0.1) is 0 Å². The van der Waals surface area contributed by atoms with Crippen LogP contribution in [-0.4, -0.2) is 6.71 Å². The van der Waals surface area contributed by atoms with Crippen molar-refractivity contribution in [3.05, 3.63) is 197 Å². The Balaban J connectivity index is 1.27. The van der Waals surface area contributed by atoms with E-state index in [1.54, 1.807) is 0 Å². The summed E-state index contributed by atoms with van der Waals surface area (Å²) in [5, 5.41) is 5.02. The summed E-state index contributed by atoms with van der Waals surface area (Å²) in [5.74, 6) is 0. The fraction of sp³-hybridized carbons (Fsp3) is 0.275. The molecule has 358 valence electrons. The number of anilines is 6. The first-order valence-corrected chi connectivity index (χ1v) is 26.4. The molecule has 0 saturated heterocycles. The molecule has 0 bridgehead atoms. The fourth-order valence-electron chi connectivity index (χ4n) is 12.3. The summed E-state index contributed by atoms with van der Waals surface area (Å²) >= 11 is 0. The normalized spacial score (nSPS) is 14.8. The Hall–Kier alpha value is -6.84. The maximum absolute atomic E-state index is 2.68. The van der Waals surface area contributed by atoms with Crippen LogP contribution in [0.3, 0.4) is 0 Å². The Morgan fingerprint density at radius 1 is 0.375 bits per heavy atom. The molecule has 2 nitrogen and oxygen atoms in total. The van der Waals surface area contributed by atoms with Crippen molar-refractivity contribution < 1.29 is 0 Å². The summed E-state index contributed by atoms with van der Waals surface area (Å²) in [6.07, 6.45) is 0. The van der Waals surface area contributed by atoms with Gasteiger partial charge in [-0.05, 0) is 147 Å². The van der Waals surface area contributed by atoms with Crippen molar-refractivity contribution in [1.82, 2.24) is 0 Å². The minimum atomic E-state index is -0.0890. The molecule has 2 aliphatic heterocycles. The van der Waals surface area contributed by atoms with Gasteiger partial charge in [0.2, 0.25) is 0 Å². The van der Waals surface area contributed by atoms with Crippen LogP contribution in [0.15, 0.2) is 164 Å². The zero-order valence-corrected chi connectivity index (χ0v) is 45.1. The molecule has 9 aromatic carbocycles. The molecular weight excluding hydrogens is 868 g/mol. The molecule has 3 aliphatic rings. The van der Waals surface area contributed by atoms with Crippen LogP contribution in [0, 0.1) is 0 Å². The summed E-state index contributed by atoms with van der Waals surface area (Å²) < 4.78 is 0. The first-order valence-electron chi connectivity index (χ1n) is 26.4. The van der Waals surface area contributed by atoms with Crippen molar-refractivity contribution in [2.75, 3.05) is 9.80 Å². The fourth-order valence-corrected chi connectivity index (χ4v) is 12.3. The average Bonchev–Trinajstić information content (AvgIpc) is 3.57. The molecule has 0 saturated carbocycles. The lowest BCUT2D eigenvalue weighted by Crippen LogP contribution is -2.61. The Morgan fingerprint density at radius 2 is 0.792 bits per heavy atom. The van der Waals surface area contributed by atoms with Crippen LogP contribution in [0.5, 0.6) is 0 Å². The van der Waals surface area contributed by atoms with E-state index in [1.807, 2.05) is 0 Å². The van der Waals surface area contributed by atoms with Gasteiger partial charge in [0.1, 0.15) is 0 Å². The zero-order chi connectivity index (χ0) is 50.6. The minimum Gasteiger partial charge on any atom is -0.311 e. The monoisotopic (exact) mass is 937 g/mol. The summed E-state index contributed by atoms with van der Waals surface area (Å²) in [5.41, 5.74) is 24.2. The molecule has 0 N–H and O–H groups in total. The van der Waals surface area contributed by atoms with E-state index in [2.05, 4.69) is 271 Å². The molecule has 3 heteroatoms. The van der Waals surface area contributed by atoms with E-state index in [1.165, 1.54) is 128 Å². The number of hydrogen-bond acceptors (Lipinski definition) is 2. The highest BCUT2D eigenvalue weighted by Crippen LogP contribution is 2.53. The van der Waals surface area contributed by atoms with E-state index in [9.17, 15) is 0 Å². The second-order valence-electron chi connectivity index (χ2n) is 25.9. The van der Waals surface area contributed by atoms with E-state index < -0.39 is 0 Å². The molecule has 2 heterocycles. The quantitative estimate of drug-likeness (QED) is 0.163. The van der Waals surface area contributed by atoms with Gasteiger partial charge in [-0.2, -0.15) is 0 Å². The summed E-state index contributed by atoms with van der Waals surface area (Å²) in [4.78, 5) is 5.37. The molecule has 0 unspecified atom stereocenters. The van der Waals surface area contributed by atoms with Gasteiger partial charge in [0, 0.05) is 50.3 Å². The highest BCUT2D eigenvalue weighted by molar-refractivity contribution is 7.00. The van der Waals surface area contributed by atoms with Crippen LogP contribution in [0.2, 0.25) is 0 Å². The Kier molecular flexibility index (Phi) is 10.0. The van der Waals surface area contributed by atoms with Gasteiger partial charge in [-0.25, -0.2) is 0 Å². The van der Waals surface area contributed by atoms with Crippen LogP contribution in [0.1, 0.15) is 130 Å². The van der Waals surface area contributed by atoms with Crippen molar-refractivity contribution in [1.29, 1.82) is 0 Å². The Labute approximate surface area is 429 Å². The van der Waals surface area contributed by atoms with Crippen LogP contribution >= 0.6 is 0 Å². The second-order valence-corrected chi connectivity index (χ2v) is 25.9. The van der Waals surface area contributed by atoms with E-state index >= 15 is 0 Å². The minimum absolute atomic E-state index is 0.0378. The standard InChI is InChI=1S/C69H69BN2/c1-65(2,3)46-36-47(66(4,5)6)39-50(38-46)71-60-34-45(44-27-30-57-55(33-44)54-25-19-20-26-56(54)69(57,13)14)35-61-62(60)70(58-31-28-42-21-15-17-23-52(42)63(58)71)59-32-29-43-22-16-18-24-53(43)64(59)72(61)51-40-48(67(7,8)9)37-49(41-51)68(10,11)12/h15-41H,1-14H3. The first-order chi connectivity index (χ1) is 34.0. The molecule has 0 aromatic heterocycles. The lowest BCUT2D eigenvalue weighted by Gasteiger charge is -2.46. The van der Waals surface area contributed by atoms with E-state index in [0.29, 0.717) is 0 Å². The zero-order valence-electron chi connectivity index (χ0n) is 45.1. The van der Waals surface area contributed by atoms with Gasteiger partial charge in [-0.1, -0.05) is 218 Å². The van der Waals surface area contributed by atoms with Crippen LogP contribution in [-0.2, 0) is 27.1 Å². The molecule has 72 heavy (non-hydrogen) atoms. The lowest BCUT2D eigenvalue weighted by atomic mass is 9.33. The number of nitrogens with zero attached hydrogens (tertiary/aromatic N) is 2. The average molecular weight is 937 g/mol. The molecule has 0 radical (unpaired) electrons. The van der Waals surface area contributed by atoms with Crippen molar-refractivity contribution in [2.45, 2.75) is 124 Å². The van der Waals surface area contributed by atoms with E-state index in [0.717, 1.165) is 0 Å². The third kappa shape index (κ3) is 7.12. The highest BCUT2D eigenvalue weighted by Gasteiger charge is 2.46. The van der Waals surface area contributed by atoms with Gasteiger partial charge in [0.25, 0.3) is 6.71 Å². The maximum atomic E-state index is 2.68. The maximum Gasteiger partial charge on any atom is 0.252 e. The van der Waals surface area contributed by atoms with Crippen molar-refractivity contribution in [3.8, 4) is 22.3 Å². The highest BCUT2D eigenvalue weighted by atomic mass is 15.2. The van der Waals surface area contributed by atoms with Gasteiger partial charge < -0.3 is 9.80 Å². The Morgan fingerprint density at radius 3 is 1.25 bits per heavy atom. The molecule has 9 aromatic rings. The molecule has 1 aliphatic carbocycles. The number of rotatable bonds is 3. The van der Waals surface area contributed by atoms with Gasteiger partial charge in [0.15, 0.2) is 0 Å². The van der Waals surface area contributed by atoms with E-state index in [-0.39, 0.29) is 33.8 Å². The number of fused-ring (bicyclic) bond motifs is 11. The summed E-state index contributed by atoms with van der Waals surface area (Å²) in [6.45, 7) is 33.1. The van der Waals surface area contributed by atoms with Crippen molar-refractivity contribution in [2.24, 2.45) is 0 Å². The molecule has 0 fully saturated rings. The molecule has 0 amide bonds. The van der Waals surface area contributed by atoms with Crippen LogP contribution < -0.4 is 26.2 Å². The second kappa shape index (κ2) is 15.6. The largest absolute Gasteiger partial charge is 0.311 e. The van der Waals surface area contributed by atoms with Crippen LogP contribution in [0.4, 0.5) is 34.1 Å². The van der Waals surface area contributed by atoms with Crippen molar-refractivity contribution >= 4 is 78.8 Å². The van der Waals surface area contributed by atoms with Gasteiger partial charge in [0.05, 0.1) is 0 Å². The van der Waals surface area contributed by atoms with E-state index in [4.69, 9.17) is 0 Å². The molecule has 0 atom stereocenters. The molecule has 12 rings (SSSR count). The number of benzene rings is 9. The predicted octanol–water partition coefficient (Wildman–Crippen LogP) is 17.2. The molecule has 0 spiro atoms. The summed E-state index contributed by atoms with van der Waals surface area (Å²) in [7, 11) is 0. The molecular formula is C69H69BN2. The smallest absolute Gasteiger partial charge is 0.252 e. The summed E-state index contributed by atoms with van der Waals surface area (Å²) in [6, 6.07) is 64.2. The first kappa shape index (κ1) is 46.2. The van der Waals surface area contributed by atoms with Gasteiger partial charge >= 0.3 is 0 Å². The SMILES string of the molecule is CC(C)(C)c1cc(N2c3cc(-c4ccc5c(c4)-c4ccccc4C5(C)C)cc4c3B(c3ccc5ccccc5c32)c2ccc3ccccc3c2N4c2cc(C(C)(C)C)cc(C(C)(C)C)c2)cc(C(C)(C)C)c1.